The Morgan fingerprint density at radius 3 is 2.64 bits per heavy atom. The maximum Gasteiger partial charge on any atom is 0.123 e. The van der Waals surface area contributed by atoms with Crippen LogP contribution in [0.25, 0.3) is 0 Å². The van der Waals surface area contributed by atoms with Gasteiger partial charge in [0, 0.05) is 10.4 Å². The van der Waals surface area contributed by atoms with Gasteiger partial charge in [-0.15, -0.1) is 0 Å². The summed E-state index contributed by atoms with van der Waals surface area (Å²) in [6, 6.07) is 4.32. The van der Waals surface area contributed by atoms with Crippen LogP contribution in [0.3, 0.4) is 0 Å². The lowest BCUT2D eigenvalue weighted by molar-refractivity contribution is 0.150. The smallest absolute Gasteiger partial charge is 0.123 e. The molecule has 2 rings (SSSR count). The van der Waals surface area contributed by atoms with Gasteiger partial charge in [0.05, 0.1) is 6.10 Å². The highest BCUT2D eigenvalue weighted by atomic mass is 35.5. The molecule has 1 unspecified atom stereocenters. The standard InChI is InChI=1S/C11H12ClFO/c1-7(14)11(4-5-11)9-6-8(13)2-3-10(9)12/h2-3,6-7,14H,4-5H2,1H3. The Hall–Kier alpha value is -0.600. The maximum absolute atomic E-state index is 13.0. The van der Waals surface area contributed by atoms with Crippen LogP contribution in [0.4, 0.5) is 4.39 Å². The normalized spacial score (nSPS) is 20.6. The third-order valence-electron chi connectivity index (χ3n) is 3.05. The lowest BCUT2D eigenvalue weighted by Gasteiger charge is -2.20. The van der Waals surface area contributed by atoms with Crippen molar-refractivity contribution in [2.45, 2.75) is 31.3 Å². The van der Waals surface area contributed by atoms with Crippen molar-refractivity contribution in [3.8, 4) is 0 Å². The zero-order chi connectivity index (χ0) is 10.3. The highest BCUT2D eigenvalue weighted by Gasteiger charge is 2.49. The average molecular weight is 215 g/mol. The summed E-state index contributed by atoms with van der Waals surface area (Å²) in [5.74, 6) is -0.295. The van der Waals surface area contributed by atoms with Gasteiger partial charge >= 0.3 is 0 Å². The second-order valence-corrected chi connectivity index (χ2v) is 4.36. The van der Waals surface area contributed by atoms with Gasteiger partial charge in [-0.25, -0.2) is 4.39 Å². The van der Waals surface area contributed by atoms with Gasteiger partial charge in [0.2, 0.25) is 0 Å². The van der Waals surface area contributed by atoms with Crippen LogP contribution in [0.2, 0.25) is 5.02 Å². The summed E-state index contributed by atoms with van der Waals surface area (Å²) in [7, 11) is 0. The van der Waals surface area contributed by atoms with Gasteiger partial charge < -0.3 is 5.11 Å². The van der Waals surface area contributed by atoms with E-state index in [1.807, 2.05) is 0 Å². The van der Waals surface area contributed by atoms with E-state index >= 15 is 0 Å². The number of benzene rings is 1. The molecule has 0 heterocycles. The number of hydrogen-bond acceptors (Lipinski definition) is 1. The van der Waals surface area contributed by atoms with E-state index in [0.717, 1.165) is 18.4 Å². The van der Waals surface area contributed by atoms with Crippen LogP contribution in [-0.2, 0) is 5.41 Å². The summed E-state index contributed by atoms with van der Waals surface area (Å²) in [6.45, 7) is 1.73. The van der Waals surface area contributed by atoms with Gasteiger partial charge in [0.1, 0.15) is 5.82 Å². The van der Waals surface area contributed by atoms with Gasteiger partial charge in [0.25, 0.3) is 0 Å². The summed E-state index contributed by atoms with van der Waals surface area (Å²) < 4.78 is 13.0. The summed E-state index contributed by atoms with van der Waals surface area (Å²) in [6.07, 6.45) is 1.29. The maximum atomic E-state index is 13.0. The number of hydrogen-bond donors (Lipinski definition) is 1. The quantitative estimate of drug-likeness (QED) is 0.803. The predicted octanol–water partition coefficient (Wildman–Crippen LogP) is 2.89. The van der Waals surface area contributed by atoms with Gasteiger partial charge in [-0.05, 0) is 43.5 Å². The summed E-state index contributed by atoms with van der Waals surface area (Å²) in [5.41, 5.74) is 0.452. The van der Waals surface area contributed by atoms with E-state index in [-0.39, 0.29) is 11.2 Å². The fourth-order valence-corrected chi connectivity index (χ4v) is 2.23. The van der Waals surface area contributed by atoms with E-state index in [2.05, 4.69) is 0 Å². The van der Waals surface area contributed by atoms with Crippen LogP contribution in [0.15, 0.2) is 18.2 Å². The van der Waals surface area contributed by atoms with Crippen molar-refractivity contribution in [3.63, 3.8) is 0 Å². The molecule has 0 aliphatic heterocycles. The number of aliphatic hydroxyl groups excluding tert-OH is 1. The molecule has 1 nitrogen and oxygen atoms in total. The molecule has 0 spiro atoms. The van der Waals surface area contributed by atoms with E-state index in [4.69, 9.17) is 11.6 Å². The monoisotopic (exact) mass is 214 g/mol. The Morgan fingerprint density at radius 2 is 2.14 bits per heavy atom. The van der Waals surface area contributed by atoms with Crippen LogP contribution >= 0.6 is 11.6 Å². The lowest BCUT2D eigenvalue weighted by atomic mass is 9.91. The SMILES string of the molecule is CC(O)C1(c2cc(F)ccc2Cl)CC1. The van der Waals surface area contributed by atoms with Crippen LogP contribution < -0.4 is 0 Å². The van der Waals surface area contributed by atoms with Crippen molar-refractivity contribution in [2.24, 2.45) is 0 Å². The zero-order valence-electron chi connectivity index (χ0n) is 7.93. The lowest BCUT2D eigenvalue weighted by Crippen LogP contribution is -2.23. The minimum atomic E-state index is -0.471. The van der Waals surface area contributed by atoms with Crippen molar-refractivity contribution >= 4 is 11.6 Å². The molecule has 1 N–H and O–H groups in total. The van der Waals surface area contributed by atoms with Crippen LogP contribution in [0, 0.1) is 5.82 Å². The molecule has 1 atom stereocenters. The molecule has 1 fully saturated rings. The van der Waals surface area contributed by atoms with E-state index in [0.29, 0.717) is 5.02 Å². The molecule has 1 aliphatic carbocycles. The highest BCUT2D eigenvalue weighted by molar-refractivity contribution is 6.31. The third-order valence-corrected chi connectivity index (χ3v) is 3.38. The van der Waals surface area contributed by atoms with Gasteiger partial charge in [-0.1, -0.05) is 11.6 Å². The molecule has 1 aliphatic rings. The molecule has 0 aromatic heterocycles. The van der Waals surface area contributed by atoms with Gasteiger partial charge in [0.15, 0.2) is 0 Å². The first kappa shape index (κ1) is 9.94. The first-order valence-electron chi connectivity index (χ1n) is 4.70. The summed E-state index contributed by atoms with van der Waals surface area (Å²) >= 11 is 5.99. The van der Waals surface area contributed by atoms with Crippen LogP contribution in [0.5, 0.6) is 0 Å². The average Bonchev–Trinajstić information content (AvgIpc) is 2.90. The Bertz CT molecular complexity index is 358. The van der Waals surface area contributed by atoms with Crippen molar-refractivity contribution in [2.75, 3.05) is 0 Å². The largest absolute Gasteiger partial charge is 0.392 e. The van der Waals surface area contributed by atoms with Crippen molar-refractivity contribution in [1.82, 2.24) is 0 Å². The van der Waals surface area contributed by atoms with E-state index in [9.17, 15) is 9.50 Å². The molecular formula is C11H12ClFO. The molecule has 1 aromatic carbocycles. The zero-order valence-corrected chi connectivity index (χ0v) is 8.68. The summed E-state index contributed by atoms with van der Waals surface area (Å²) in [5, 5.41) is 10.2. The second-order valence-electron chi connectivity index (χ2n) is 3.96. The molecule has 0 amide bonds. The molecule has 0 saturated heterocycles. The fourth-order valence-electron chi connectivity index (χ4n) is 1.93. The van der Waals surface area contributed by atoms with Crippen molar-refractivity contribution in [3.05, 3.63) is 34.6 Å². The number of aliphatic hydroxyl groups is 1. The Kier molecular flexibility index (Phi) is 2.28. The molecule has 14 heavy (non-hydrogen) atoms. The Balaban J connectivity index is 2.46. The Morgan fingerprint density at radius 1 is 1.50 bits per heavy atom. The van der Waals surface area contributed by atoms with Crippen molar-refractivity contribution < 1.29 is 9.50 Å². The minimum Gasteiger partial charge on any atom is -0.392 e. The Labute approximate surface area is 87.5 Å². The molecule has 1 saturated carbocycles. The summed E-state index contributed by atoms with van der Waals surface area (Å²) in [4.78, 5) is 0. The van der Waals surface area contributed by atoms with Crippen LogP contribution in [-0.4, -0.2) is 11.2 Å². The number of halogens is 2. The first-order chi connectivity index (χ1) is 6.56. The third kappa shape index (κ3) is 1.43. The van der Waals surface area contributed by atoms with Crippen LogP contribution in [0.1, 0.15) is 25.3 Å². The number of rotatable bonds is 2. The van der Waals surface area contributed by atoms with Gasteiger partial charge in [-0.2, -0.15) is 0 Å². The first-order valence-corrected chi connectivity index (χ1v) is 5.08. The predicted molar refractivity (Wildman–Crippen MR) is 54.0 cm³/mol. The van der Waals surface area contributed by atoms with E-state index in [1.54, 1.807) is 13.0 Å². The van der Waals surface area contributed by atoms with Crippen molar-refractivity contribution in [1.29, 1.82) is 0 Å². The topological polar surface area (TPSA) is 20.2 Å². The molecule has 0 bridgehead atoms. The van der Waals surface area contributed by atoms with Gasteiger partial charge in [-0.3, -0.25) is 0 Å². The molecule has 1 aromatic rings. The minimum absolute atomic E-state index is 0.292. The highest BCUT2D eigenvalue weighted by Crippen LogP contribution is 2.53. The van der Waals surface area contributed by atoms with E-state index in [1.165, 1.54) is 12.1 Å². The van der Waals surface area contributed by atoms with E-state index < -0.39 is 6.10 Å². The molecule has 76 valence electrons. The second kappa shape index (κ2) is 3.21. The fraction of sp³-hybridized carbons (Fsp3) is 0.455. The molecular weight excluding hydrogens is 203 g/mol. The molecule has 0 radical (unpaired) electrons. The molecule has 3 heteroatoms.